The summed E-state index contributed by atoms with van der Waals surface area (Å²) in [6, 6.07) is 0.227. The van der Waals surface area contributed by atoms with Gasteiger partial charge in [-0.05, 0) is 32.1 Å². The Morgan fingerprint density at radius 1 is 1.15 bits per heavy atom. The summed E-state index contributed by atoms with van der Waals surface area (Å²) in [5, 5.41) is 2.72. The van der Waals surface area contributed by atoms with Crippen molar-refractivity contribution in [2.45, 2.75) is 68.2 Å². The molecule has 0 aromatic heterocycles. The van der Waals surface area contributed by atoms with Gasteiger partial charge in [-0.2, -0.15) is 0 Å². The maximum Gasteiger partial charge on any atom is 0.327 e. The Balaban J connectivity index is 2.27. The molecule has 0 radical (unpaired) electrons. The molecule has 0 bridgehead atoms. The molecular formula is C14H25NO4S. The predicted molar refractivity (Wildman–Crippen MR) is 77.2 cm³/mol. The van der Waals surface area contributed by atoms with E-state index in [1.165, 1.54) is 19.8 Å². The first-order valence-electron chi connectivity index (χ1n) is 7.45. The smallest absolute Gasteiger partial charge is 0.327 e. The van der Waals surface area contributed by atoms with E-state index in [9.17, 15) is 13.2 Å². The van der Waals surface area contributed by atoms with Crippen molar-refractivity contribution in [3.8, 4) is 0 Å². The van der Waals surface area contributed by atoms with Gasteiger partial charge in [0.1, 0.15) is 5.54 Å². The Morgan fingerprint density at radius 2 is 1.80 bits per heavy atom. The van der Waals surface area contributed by atoms with Gasteiger partial charge in [0.05, 0.1) is 12.4 Å². The molecule has 2 rings (SSSR count). The lowest BCUT2D eigenvalue weighted by Crippen LogP contribution is -2.62. The van der Waals surface area contributed by atoms with Gasteiger partial charge in [0, 0.05) is 12.3 Å². The van der Waals surface area contributed by atoms with E-state index >= 15 is 0 Å². The number of nitrogens with one attached hydrogen (secondary N) is 1. The highest BCUT2D eigenvalue weighted by molar-refractivity contribution is 7.91. The van der Waals surface area contributed by atoms with Crippen LogP contribution < -0.4 is 5.32 Å². The number of carbonyl (C=O) groups excluding carboxylic acids is 1. The van der Waals surface area contributed by atoms with Crippen LogP contribution in [0.5, 0.6) is 0 Å². The van der Waals surface area contributed by atoms with Crippen LogP contribution in [-0.4, -0.2) is 44.6 Å². The standard InChI is InChI=1S/C14H25NO4S/c1-19-13(16)14(15-11-7-4-3-5-8-11)10-6-9-12(14)20(2,17)18/h11-12,15H,3-10H2,1-2H3. The lowest BCUT2D eigenvalue weighted by Gasteiger charge is -2.37. The average molecular weight is 303 g/mol. The normalized spacial score (nSPS) is 32.2. The highest BCUT2D eigenvalue weighted by atomic mass is 32.2. The Hall–Kier alpha value is -0.620. The van der Waals surface area contributed by atoms with Crippen molar-refractivity contribution < 1.29 is 17.9 Å². The molecule has 0 saturated heterocycles. The molecule has 2 saturated carbocycles. The summed E-state index contributed by atoms with van der Waals surface area (Å²) in [7, 11) is -1.94. The number of esters is 1. The second-order valence-corrected chi connectivity index (χ2v) is 8.38. The van der Waals surface area contributed by atoms with Crippen molar-refractivity contribution in [2.75, 3.05) is 13.4 Å². The molecular weight excluding hydrogens is 278 g/mol. The number of ether oxygens (including phenoxy) is 1. The Morgan fingerprint density at radius 3 is 2.35 bits per heavy atom. The number of rotatable bonds is 4. The molecule has 0 spiro atoms. The van der Waals surface area contributed by atoms with Crippen LogP contribution in [0.25, 0.3) is 0 Å². The van der Waals surface area contributed by atoms with E-state index in [-0.39, 0.29) is 6.04 Å². The van der Waals surface area contributed by atoms with Gasteiger partial charge in [0.2, 0.25) is 0 Å². The quantitative estimate of drug-likeness (QED) is 0.795. The van der Waals surface area contributed by atoms with Crippen molar-refractivity contribution in [3.05, 3.63) is 0 Å². The van der Waals surface area contributed by atoms with Crippen LogP contribution in [0.15, 0.2) is 0 Å². The number of hydrogen-bond donors (Lipinski definition) is 1. The minimum absolute atomic E-state index is 0.227. The molecule has 0 aromatic carbocycles. The molecule has 2 aliphatic rings. The number of methoxy groups -OCH3 is 1. The molecule has 5 nitrogen and oxygen atoms in total. The van der Waals surface area contributed by atoms with Gasteiger partial charge in [-0.25, -0.2) is 8.42 Å². The summed E-state index contributed by atoms with van der Waals surface area (Å²) in [6.45, 7) is 0. The summed E-state index contributed by atoms with van der Waals surface area (Å²) >= 11 is 0. The molecule has 2 atom stereocenters. The Kier molecular flexibility index (Phi) is 4.74. The number of hydrogen-bond acceptors (Lipinski definition) is 5. The summed E-state index contributed by atoms with van der Waals surface area (Å²) in [6.07, 6.45) is 8.57. The number of carbonyl (C=O) groups is 1. The SMILES string of the molecule is COC(=O)C1(NC2CCCCC2)CCCC1S(C)(=O)=O. The van der Waals surface area contributed by atoms with E-state index in [2.05, 4.69) is 5.32 Å². The zero-order valence-electron chi connectivity index (χ0n) is 12.4. The van der Waals surface area contributed by atoms with Gasteiger partial charge in [-0.15, -0.1) is 0 Å². The first-order chi connectivity index (χ1) is 9.40. The number of sulfone groups is 1. The third kappa shape index (κ3) is 3.01. The van der Waals surface area contributed by atoms with Gasteiger partial charge in [0.25, 0.3) is 0 Å². The topological polar surface area (TPSA) is 72.5 Å². The van der Waals surface area contributed by atoms with Crippen LogP contribution in [0.2, 0.25) is 0 Å². The molecule has 0 heterocycles. The molecule has 0 aliphatic heterocycles. The van der Waals surface area contributed by atoms with E-state index in [0.717, 1.165) is 32.1 Å². The van der Waals surface area contributed by atoms with Crippen molar-refractivity contribution in [3.63, 3.8) is 0 Å². The van der Waals surface area contributed by atoms with E-state index < -0.39 is 26.6 Å². The second-order valence-electron chi connectivity index (χ2n) is 6.15. The lowest BCUT2D eigenvalue weighted by molar-refractivity contribution is -0.148. The van der Waals surface area contributed by atoms with Crippen LogP contribution in [0.1, 0.15) is 51.4 Å². The van der Waals surface area contributed by atoms with Gasteiger partial charge >= 0.3 is 5.97 Å². The molecule has 2 aliphatic carbocycles. The van der Waals surface area contributed by atoms with Crippen LogP contribution in [-0.2, 0) is 19.4 Å². The fraction of sp³-hybridized carbons (Fsp3) is 0.929. The highest BCUT2D eigenvalue weighted by Crippen LogP contribution is 2.37. The van der Waals surface area contributed by atoms with E-state index in [4.69, 9.17) is 4.74 Å². The zero-order valence-corrected chi connectivity index (χ0v) is 13.2. The molecule has 116 valence electrons. The fourth-order valence-corrected chi connectivity index (χ4v) is 5.41. The third-order valence-electron chi connectivity index (χ3n) is 4.72. The van der Waals surface area contributed by atoms with E-state index in [0.29, 0.717) is 12.8 Å². The fourth-order valence-electron chi connectivity index (χ4n) is 3.80. The molecule has 0 aromatic rings. The third-order valence-corrected chi connectivity index (χ3v) is 6.39. The van der Waals surface area contributed by atoms with Crippen molar-refractivity contribution in [1.82, 2.24) is 5.32 Å². The van der Waals surface area contributed by atoms with Crippen LogP contribution in [0.4, 0.5) is 0 Å². The Labute approximate surface area is 121 Å². The molecule has 0 amide bonds. The van der Waals surface area contributed by atoms with Gasteiger partial charge in [-0.3, -0.25) is 10.1 Å². The summed E-state index contributed by atoms with van der Waals surface area (Å²) < 4.78 is 29.1. The Bertz CT molecular complexity index is 456. The first kappa shape index (κ1) is 15.8. The van der Waals surface area contributed by atoms with Crippen LogP contribution in [0.3, 0.4) is 0 Å². The molecule has 6 heteroatoms. The molecule has 1 N–H and O–H groups in total. The highest BCUT2D eigenvalue weighted by Gasteiger charge is 2.55. The molecule has 2 unspecified atom stereocenters. The minimum atomic E-state index is -3.28. The summed E-state index contributed by atoms with van der Waals surface area (Å²) in [5.41, 5.74) is -1.04. The minimum Gasteiger partial charge on any atom is -0.468 e. The van der Waals surface area contributed by atoms with E-state index in [1.807, 2.05) is 0 Å². The monoisotopic (exact) mass is 303 g/mol. The maximum atomic E-state index is 12.3. The van der Waals surface area contributed by atoms with Gasteiger partial charge in [0.15, 0.2) is 9.84 Å². The van der Waals surface area contributed by atoms with E-state index in [1.54, 1.807) is 0 Å². The summed E-state index contributed by atoms with van der Waals surface area (Å²) in [5.74, 6) is -0.420. The zero-order chi connectivity index (χ0) is 14.8. The van der Waals surface area contributed by atoms with Crippen molar-refractivity contribution >= 4 is 15.8 Å². The first-order valence-corrected chi connectivity index (χ1v) is 9.40. The van der Waals surface area contributed by atoms with Gasteiger partial charge < -0.3 is 4.74 Å². The lowest BCUT2D eigenvalue weighted by atomic mass is 9.90. The van der Waals surface area contributed by atoms with Crippen molar-refractivity contribution in [1.29, 1.82) is 0 Å². The van der Waals surface area contributed by atoms with Crippen LogP contribution >= 0.6 is 0 Å². The largest absolute Gasteiger partial charge is 0.468 e. The van der Waals surface area contributed by atoms with Crippen molar-refractivity contribution in [2.24, 2.45) is 0 Å². The molecule has 20 heavy (non-hydrogen) atoms. The predicted octanol–water partition coefficient (Wildman–Crippen LogP) is 1.42. The summed E-state index contributed by atoms with van der Waals surface area (Å²) in [4.78, 5) is 12.3. The van der Waals surface area contributed by atoms with Crippen LogP contribution in [0, 0.1) is 0 Å². The molecule has 2 fully saturated rings. The van der Waals surface area contributed by atoms with Gasteiger partial charge in [-0.1, -0.05) is 19.3 Å². The second kappa shape index (κ2) is 6.02. The average Bonchev–Trinajstić information content (AvgIpc) is 2.84. The maximum absolute atomic E-state index is 12.3.